The van der Waals surface area contributed by atoms with Gasteiger partial charge in [0.05, 0.1) is 24.4 Å². The Hall–Kier alpha value is -2.44. The van der Waals surface area contributed by atoms with Crippen LogP contribution in [-0.4, -0.2) is 27.5 Å². The minimum absolute atomic E-state index is 0.0758. The van der Waals surface area contributed by atoms with Gasteiger partial charge in [0.1, 0.15) is 5.82 Å². The van der Waals surface area contributed by atoms with Gasteiger partial charge in [0.15, 0.2) is 23.1 Å². The summed E-state index contributed by atoms with van der Waals surface area (Å²) in [4.78, 5) is 0. The molecule has 1 heterocycles. The van der Waals surface area contributed by atoms with Crippen molar-refractivity contribution in [2.24, 2.45) is 0 Å². The minimum Gasteiger partial charge on any atom is -0.504 e. The highest BCUT2D eigenvalue weighted by atomic mass is 19.1. The molecule has 0 spiro atoms. The topological polar surface area (TPSA) is 104 Å². The SMILES string of the molecule is COc1cc(O)c(O)c(-c2cn[nH]c2N)c1F. The number of methoxy groups -OCH3 is 1. The maximum absolute atomic E-state index is 14.0. The molecule has 0 aliphatic rings. The van der Waals surface area contributed by atoms with Gasteiger partial charge in [-0.3, -0.25) is 5.10 Å². The number of nitrogens with two attached hydrogens (primary N) is 1. The molecule has 0 aliphatic carbocycles. The van der Waals surface area contributed by atoms with Crippen molar-refractivity contribution in [3.05, 3.63) is 18.1 Å². The molecule has 0 saturated heterocycles. The van der Waals surface area contributed by atoms with Crippen molar-refractivity contribution in [3.63, 3.8) is 0 Å². The number of phenolic OH excluding ortho intramolecular Hbond substituents is 2. The Morgan fingerprint density at radius 3 is 2.71 bits per heavy atom. The first-order valence-electron chi connectivity index (χ1n) is 4.64. The fourth-order valence-corrected chi connectivity index (χ4v) is 1.50. The second-order valence-electron chi connectivity index (χ2n) is 3.33. The van der Waals surface area contributed by atoms with Crippen molar-refractivity contribution in [1.82, 2.24) is 10.2 Å². The Bertz CT molecular complexity index is 568. The summed E-state index contributed by atoms with van der Waals surface area (Å²) < 4.78 is 18.7. The number of nitrogens with zero attached hydrogens (tertiary/aromatic N) is 1. The average molecular weight is 239 g/mol. The maximum atomic E-state index is 14.0. The lowest BCUT2D eigenvalue weighted by atomic mass is 10.1. The summed E-state index contributed by atoms with van der Waals surface area (Å²) in [7, 11) is 1.25. The Kier molecular flexibility index (Phi) is 2.51. The molecule has 0 unspecified atom stereocenters. The highest BCUT2D eigenvalue weighted by Crippen LogP contribution is 2.44. The number of aromatic nitrogens is 2. The van der Waals surface area contributed by atoms with Gasteiger partial charge in [-0.2, -0.15) is 5.10 Å². The highest BCUT2D eigenvalue weighted by Gasteiger charge is 2.22. The molecule has 7 heteroatoms. The van der Waals surface area contributed by atoms with Crippen LogP contribution in [0.2, 0.25) is 0 Å². The van der Waals surface area contributed by atoms with Gasteiger partial charge in [0.2, 0.25) is 0 Å². The second-order valence-corrected chi connectivity index (χ2v) is 3.33. The lowest BCUT2D eigenvalue weighted by molar-refractivity contribution is 0.367. The van der Waals surface area contributed by atoms with E-state index in [1.54, 1.807) is 0 Å². The number of ether oxygens (including phenoxy) is 1. The van der Waals surface area contributed by atoms with Gasteiger partial charge >= 0.3 is 0 Å². The molecular weight excluding hydrogens is 229 g/mol. The molecule has 0 amide bonds. The summed E-state index contributed by atoms with van der Waals surface area (Å²) >= 11 is 0. The van der Waals surface area contributed by atoms with Crippen molar-refractivity contribution in [2.45, 2.75) is 0 Å². The third kappa shape index (κ3) is 1.61. The molecule has 2 rings (SSSR count). The number of halogens is 1. The molecule has 90 valence electrons. The Labute approximate surface area is 95.5 Å². The summed E-state index contributed by atoms with van der Waals surface area (Å²) in [5.74, 6) is -2.06. The lowest BCUT2D eigenvalue weighted by Crippen LogP contribution is -1.94. The van der Waals surface area contributed by atoms with E-state index in [1.807, 2.05) is 0 Å². The van der Waals surface area contributed by atoms with Gasteiger partial charge in [-0.1, -0.05) is 0 Å². The molecule has 6 nitrogen and oxygen atoms in total. The van der Waals surface area contributed by atoms with Crippen LogP contribution < -0.4 is 10.5 Å². The smallest absolute Gasteiger partial charge is 0.177 e. The first-order valence-corrected chi connectivity index (χ1v) is 4.64. The molecule has 0 saturated carbocycles. The number of rotatable bonds is 2. The van der Waals surface area contributed by atoms with E-state index in [1.165, 1.54) is 13.3 Å². The predicted molar refractivity (Wildman–Crippen MR) is 58.3 cm³/mol. The van der Waals surface area contributed by atoms with Crippen LogP contribution in [0.15, 0.2) is 12.3 Å². The van der Waals surface area contributed by atoms with Crippen LogP contribution in [0.25, 0.3) is 11.1 Å². The normalized spacial score (nSPS) is 10.5. The second kappa shape index (κ2) is 3.85. The van der Waals surface area contributed by atoms with Gasteiger partial charge < -0.3 is 20.7 Å². The van der Waals surface area contributed by atoms with E-state index in [4.69, 9.17) is 10.5 Å². The standard InChI is InChI=1S/C10H10FN3O3/c1-17-6-2-5(15)9(16)7(8(6)11)4-3-13-14-10(4)12/h2-3,15-16H,1H3,(H3,12,13,14). The highest BCUT2D eigenvalue weighted by molar-refractivity contribution is 5.81. The number of aromatic amines is 1. The predicted octanol–water partition coefficient (Wildman–Crippen LogP) is 1.22. The number of benzene rings is 1. The zero-order chi connectivity index (χ0) is 12.6. The van der Waals surface area contributed by atoms with Gasteiger partial charge in [-0.25, -0.2) is 4.39 Å². The molecule has 0 fully saturated rings. The summed E-state index contributed by atoms with van der Waals surface area (Å²) in [5.41, 5.74) is 5.42. The molecule has 5 N–H and O–H groups in total. The van der Waals surface area contributed by atoms with Crippen molar-refractivity contribution in [1.29, 1.82) is 0 Å². The monoisotopic (exact) mass is 239 g/mol. The summed E-state index contributed by atoms with van der Waals surface area (Å²) in [6.45, 7) is 0. The molecule has 1 aromatic carbocycles. The Balaban J connectivity index is 2.76. The average Bonchev–Trinajstić information content (AvgIpc) is 2.71. The summed E-state index contributed by atoms with van der Waals surface area (Å²) in [6.07, 6.45) is 1.24. The first kappa shape index (κ1) is 11.1. The van der Waals surface area contributed by atoms with E-state index in [0.717, 1.165) is 6.07 Å². The van der Waals surface area contributed by atoms with E-state index in [0.29, 0.717) is 0 Å². The van der Waals surface area contributed by atoms with Crippen LogP contribution in [0, 0.1) is 5.82 Å². The van der Waals surface area contributed by atoms with Crippen molar-refractivity contribution >= 4 is 5.82 Å². The zero-order valence-corrected chi connectivity index (χ0v) is 8.86. The number of anilines is 1. The van der Waals surface area contributed by atoms with Crippen LogP contribution in [0.4, 0.5) is 10.2 Å². The zero-order valence-electron chi connectivity index (χ0n) is 8.86. The maximum Gasteiger partial charge on any atom is 0.177 e. The molecule has 2 aromatic rings. The van der Waals surface area contributed by atoms with Crippen molar-refractivity contribution < 1.29 is 19.3 Å². The molecule has 1 aromatic heterocycles. The molecule has 0 aliphatic heterocycles. The number of phenols is 2. The van der Waals surface area contributed by atoms with Crippen LogP contribution in [0.5, 0.6) is 17.2 Å². The van der Waals surface area contributed by atoms with Crippen LogP contribution in [-0.2, 0) is 0 Å². The summed E-state index contributed by atoms with van der Waals surface area (Å²) in [5, 5.41) is 25.1. The number of nitrogens with one attached hydrogen (secondary N) is 1. The van der Waals surface area contributed by atoms with E-state index in [9.17, 15) is 14.6 Å². The molecular formula is C10H10FN3O3. The van der Waals surface area contributed by atoms with Crippen molar-refractivity contribution in [3.8, 4) is 28.4 Å². The largest absolute Gasteiger partial charge is 0.504 e. The molecule has 17 heavy (non-hydrogen) atoms. The molecule has 0 radical (unpaired) electrons. The third-order valence-electron chi connectivity index (χ3n) is 2.34. The van der Waals surface area contributed by atoms with E-state index >= 15 is 0 Å². The number of hydrogen-bond donors (Lipinski definition) is 4. The fourth-order valence-electron chi connectivity index (χ4n) is 1.50. The number of H-pyrrole nitrogens is 1. The van der Waals surface area contributed by atoms with Crippen LogP contribution in [0.1, 0.15) is 0 Å². The molecule has 0 atom stereocenters. The third-order valence-corrected chi connectivity index (χ3v) is 2.34. The van der Waals surface area contributed by atoms with E-state index in [2.05, 4.69) is 10.2 Å². The quantitative estimate of drug-likeness (QED) is 0.590. The van der Waals surface area contributed by atoms with Gasteiger partial charge in [-0.15, -0.1) is 0 Å². The van der Waals surface area contributed by atoms with Crippen LogP contribution in [0.3, 0.4) is 0 Å². The summed E-state index contributed by atoms with van der Waals surface area (Å²) in [6, 6.07) is 0.977. The van der Waals surface area contributed by atoms with Gasteiger partial charge in [0, 0.05) is 6.07 Å². The Morgan fingerprint density at radius 2 is 2.18 bits per heavy atom. The van der Waals surface area contributed by atoms with Gasteiger partial charge in [-0.05, 0) is 0 Å². The van der Waals surface area contributed by atoms with E-state index < -0.39 is 17.3 Å². The van der Waals surface area contributed by atoms with Crippen molar-refractivity contribution in [2.75, 3.05) is 12.8 Å². The van der Waals surface area contributed by atoms with Gasteiger partial charge in [0.25, 0.3) is 0 Å². The first-order chi connectivity index (χ1) is 8.06. The lowest BCUT2D eigenvalue weighted by Gasteiger charge is -2.10. The number of aromatic hydroxyl groups is 2. The number of nitrogen functional groups attached to an aromatic ring is 1. The van der Waals surface area contributed by atoms with Crippen LogP contribution >= 0.6 is 0 Å². The number of hydrogen-bond acceptors (Lipinski definition) is 5. The minimum atomic E-state index is -0.823. The van der Waals surface area contributed by atoms with E-state index in [-0.39, 0.29) is 22.7 Å². The molecule has 0 bridgehead atoms. The Morgan fingerprint density at radius 1 is 1.47 bits per heavy atom. The fraction of sp³-hybridized carbons (Fsp3) is 0.100.